The minimum Gasteiger partial charge on any atom is -0.461 e. The SMILES string of the molecule is Nc1nc(C2CC(Cc3ccccc3)CCN2C(=O)N2CCC(Cc3ccccc3)CC2c2cc3nc(-c4ccco4)nn3c(N)n2)cc2nc(-c3ccco3)nn12. The van der Waals surface area contributed by atoms with Crippen LogP contribution in [0.1, 0.15) is 60.3 Å². The second kappa shape index (κ2) is 14.8. The molecule has 8 aromatic rings. The van der Waals surface area contributed by atoms with E-state index < -0.39 is 0 Å². The molecule has 15 heteroatoms. The molecule has 292 valence electrons. The molecule has 15 nitrogen and oxygen atoms in total. The molecule has 0 radical (unpaired) electrons. The number of nitrogens with zero attached hydrogens (tertiary/aromatic N) is 10. The zero-order valence-electron chi connectivity index (χ0n) is 31.7. The number of fused-ring (bicyclic) bond motifs is 2. The quantitative estimate of drug-likeness (QED) is 0.161. The van der Waals surface area contributed by atoms with Gasteiger partial charge in [0.05, 0.1) is 36.0 Å². The van der Waals surface area contributed by atoms with Gasteiger partial charge in [0.1, 0.15) is 0 Å². The lowest BCUT2D eigenvalue weighted by molar-refractivity contribution is 0.0630. The zero-order chi connectivity index (χ0) is 39.2. The molecule has 0 bridgehead atoms. The van der Waals surface area contributed by atoms with Crippen molar-refractivity contribution in [2.75, 3.05) is 24.6 Å². The number of benzene rings is 2. The van der Waals surface area contributed by atoms with Crippen molar-refractivity contribution in [3.8, 4) is 23.2 Å². The number of nitrogen functional groups attached to an aromatic ring is 2. The van der Waals surface area contributed by atoms with Gasteiger partial charge in [0, 0.05) is 25.2 Å². The molecule has 2 aromatic carbocycles. The Morgan fingerprint density at radius 3 is 1.47 bits per heavy atom. The summed E-state index contributed by atoms with van der Waals surface area (Å²) in [5.41, 5.74) is 18.1. The van der Waals surface area contributed by atoms with Crippen LogP contribution in [0.3, 0.4) is 0 Å². The summed E-state index contributed by atoms with van der Waals surface area (Å²) >= 11 is 0. The first-order valence-electron chi connectivity index (χ1n) is 19.7. The van der Waals surface area contributed by atoms with Crippen LogP contribution in [0, 0.1) is 11.8 Å². The summed E-state index contributed by atoms with van der Waals surface area (Å²) in [5, 5.41) is 9.13. The number of amides is 2. The summed E-state index contributed by atoms with van der Waals surface area (Å²) in [6.45, 7) is 1.08. The Kier molecular flexibility index (Phi) is 9.03. The monoisotopic (exact) mass is 774 g/mol. The maximum Gasteiger partial charge on any atom is 0.321 e. The molecule has 4 atom stereocenters. The predicted octanol–water partition coefficient (Wildman–Crippen LogP) is 7.06. The van der Waals surface area contributed by atoms with Crippen LogP contribution in [0.4, 0.5) is 16.7 Å². The topological polar surface area (TPSA) is 188 Å². The molecular weight excluding hydrogens is 733 g/mol. The van der Waals surface area contributed by atoms with Gasteiger partial charge >= 0.3 is 6.03 Å². The molecule has 2 aliphatic heterocycles. The van der Waals surface area contributed by atoms with Gasteiger partial charge in [-0.1, -0.05) is 60.7 Å². The third-order valence-corrected chi connectivity index (χ3v) is 11.6. The molecule has 4 unspecified atom stereocenters. The Morgan fingerprint density at radius 1 is 0.603 bits per heavy atom. The van der Waals surface area contributed by atoms with Gasteiger partial charge in [0.15, 0.2) is 22.8 Å². The molecule has 0 spiro atoms. The van der Waals surface area contributed by atoms with E-state index in [0.29, 0.717) is 83.6 Å². The van der Waals surface area contributed by atoms with Gasteiger partial charge in [-0.25, -0.2) is 24.7 Å². The van der Waals surface area contributed by atoms with Crippen molar-refractivity contribution in [1.29, 1.82) is 0 Å². The van der Waals surface area contributed by atoms with E-state index in [1.165, 1.54) is 20.2 Å². The Morgan fingerprint density at radius 2 is 1.05 bits per heavy atom. The van der Waals surface area contributed by atoms with Gasteiger partial charge in [-0.3, -0.25) is 0 Å². The standard InChI is InChI=1S/C43H42N12O3/c44-41-46-31(25-37-48-39(50-54(37)41)35-13-7-19-57-35)33-23-29(21-27-9-3-1-4-10-27)15-17-52(33)43(56)53-18-16-30(22-28-11-5-2-6-12-28)24-34(53)32-26-38-49-40(36-14-8-20-58-36)51-55(38)42(45)47-32/h1-14,19-20,25-26,29-30,33-34H,15-18,21-24H2,(H2,44,46)(H2,45,47). The van der Waals surface area contributed by atoms with Crippen LogP contribution >= 0.6 is 0 Å². The first kappa shape index (κ1) is 35.4. The average molecular weight is 775 g/mol. The Balaban J connectivity index is 1.01. The van der Waals surface area contributed by atoms with Crippen molar-refractivity contribution in [1.82, 2.24) is 49.0 Å². The first-order chi connectivity index (χ1) is 28.4. The summed E-state index contributed by atoms with van der Waals surface area (Å²) in [6.07, 6.45) is 8.01. The molecule has 0 saturated carbocycles. The van der Waals surface area contributed by atoms with Gasteiger partial charge in [0.25, 0.3) is 0 Å². The lowest BCUT2D eigenvalue weighted by Gasteiger charge is -2.46. The van der Waals surface area contributed by atoms with Crippen LogP contribution in [0.15, 0.2) is 118 Å². The second-order valence-corrected chi connectivity index (χ2v) is 15.3. The Labute approximate surface area is 333 Å². The molecule has 2 saturated heterocycles. The maximum absolute atomic E-state index is 15.3. The van der Waals surface area contributed by atoms with Gasteiger partial charge in [-0.2, -0.15) is 9.03 Å². The van der Waals surface area contributed by atoms with Crippen LogP contribution in [0.2, 0.25) is 0 Å². The number of likely N-dealkylation sites (tertiary alicyclic amines) is 2. The number of aromatic nitrogens is 8. The van der Waals surface area contributed by atoms with Crippen molar-refractivity contribution in [2.45, 2.75) is 50.6 Å². The molecule has 0 aliphatic carbocycles. The van der Waals surface area contributed by atoms with Crippen LogP contribution in [-0.4, -0.2) is 68.1 Å². The maximum atomic E-state index is 15.3. The van der Waals surface area contributed by atoms with Gasteiger partial charge in [-0.15, -0.1) is 10.2 Å². The largest absolute Gasteiger partial charge is 0.461 e. The highest BCUT2D eigenvalue weighted by Gasteiger charge is 2.41. The highest BCUT2D eigenvalue weighted by Crippen LogP contribution is 2.41. The smallest absolute Gasteiger partial charge is 0.321 e. The summed E-state index contributed by atoms with van der Waals surface area (Å²) in [7, 11) is 0. The molecule has 2 aliphatic rings. The molecule has 10 rings (SSSR count). The van der Waals surface area contributed by atoms with Crippen molar-refractivity contribution in [3.05, 3.63) is 132 Å². The van der Waals surface area contributed by atoms with Gasteiger partial charge < -0.3 is 30.1 Å². The molecule has 4 N–H and O–H groups in total. The van der Waals surface area contributed by atoms with Crippen LogP contribution in [0.25, 0.3) is 34.5 Å². The molecule has 8 heterocycles. The lowest BCUT2D eigenvalue weighted by Crippen LogP contribution is -2.52. The van der Waals surface area contributed by atoms with Crippen molar-refractivity contribution in [3.63, 3.8) is 0 Å². The number of piperidine rings is 2. The minimum atomic E-state index is -0.374. The normalized spacial score (nSPS) is 19.9. The minimum absolute atomic E-state index is 0.0812. The fourth-order valence-electron chi connectivity index (χ4n) is 8.75. The number of hydrogen-bond donors (Lipinski definition) is 2. The Hall–Kier alpha value is -7.03. The van der Waals surface area contributed by atoms with Crippen molar-refractivity contribution < 1.29 is 13.6 Å². The zero-order valence-corrected chi connectivity index (χ0v) is 31.7. The first-order valence-corrected chi connectivity index (χ1v) is 19.7. The van der Waals surface area contributed by atoms with E-state index in [1.54, 1.807) is 36.8 Å². The van der Waals surface area contributed by atoms with Crippen LogP contribution in [0.5, 0.6) is 0 Å². The molecule has 2 amide bonds. The van der Waals surface area contributed by atoms with E-state index in [-0.39, 0.29) is 30.0 Å². The second-order valence-electron chi connectivity index (χ2n) is 15.3. The molecule has 58 heavy (non-hydrogen) atoms. The summed E-state index contributed by atoms with van der Waals surface area (Å²) in [5.74, 6) is 2.85. The third-order valence-electron chi connectivity index (χ3n) is 11.6. The molecule has 2 fully saturated rings. The number of nitrogens with two attached hydrogens (primary N) is 2. The summed E-state index contributed by atoms with van der Waals surface area (Å²) < 4.78 is 14.2. The number of furan rings is 2. The van der Waals surface area contributed by atoms with Crippen LogP contribution < -0.4 is 11.5 Å². The van der Waals surface area contributed by atoms with Crippen molar-refractivity contribution in [2.24, 2.45) is 11.8 Å². The van der Waals surface area contributed by atoms with Gasteiger partial charge in [-0.05, 0) is 85.8 Å². The third kappa shape index (κ3) is 6.77. The molecular formula is C43H42N12O3. The summed E-state index contributed by atoms with van der Waals surface area (Å²) in [6, 6.07) is 31.1. The van der Waals surface area contributed by atoms with Gasteiger partial charge in [0.2, 0.25) is 23.5 Å². The average Bonchev–Trinajstić information content (AvgIpc) is 4.09. The van der Waals surface area contributed by atoms with E-state index in [9.17, 15) is 0 Å². The Bertz CT molecular complexity index is 2490. The van der Waals surface area contributed by atoms with Crippen molar-refractivity contribution >= 4 is 29.2 Å². The highest BCUT2D eigenvalue weighted by atomic mass is 16.3. The number of carbonyl (C=O) groups excluding carboxylic acids is 1. The van der Waals surface area contributed by atoms with E-state index in [1.807, 2.05) is 34.1 Å². The lowest BCUT2D eigenvalue weighted by atomic mass is 9.83. The van der Waals surface area contributed by atoms with E-state index in [4.69, 9.17) is 40.2 Å². The fourth-order valence-corrected chi connectivity index (χ4v) is 8.75. The van der Waals surface area contributed by atoms with Crippen LogP contribution in [-0.2, 0) is 12.8 Å². The van der Waals surface area contributed by atoms with E-state index >= 15 is 4.79 Å². The molecule has 6 aromatic heterocycles. The number of urea groups is 1. The number of carbonyl (C=O) groups is 1. The summed E-state index contributed by atoms with van der Waals surface area (Å²) in [4.78, 5) is 38.5. The number of rotatable bonds is 8. The predicted molar refractivity (Wildman–Crippen MR) is 216 cm³/mol. The van der Waals surface area contributed by atoms with E-state index in [0.717, 1.165) is 25.7 Å². The fraction of sp³-hybridized carbons (Fsp3) is 0.279. The number of anilines is 2. The van der Waals surface area contributed by atoms with E-state index in [2.05, 4.69) is 58.7 Å². The highest BCUT2D eigenvalue weighted by molar-refractivity contribution is 5.76. The number of hydrogen-bond acceptors (Lipinski definition) is 11.